The number of rotatable bonds is 3. The van der Waals surface area contributed by atoms with Crippen LogP contribution < -0.4 is 4.74 Å². The van der Waals surface area contributed by atoms with Crippen molar-refractivity contribution in [2.45, 2.75) is 25.6 Å². The number of ether oxygens (including phenoxy) is 1. The molecule has 2 aliphatic rings. The molecule has 33 heavy (non-hydrogen) atoms. The Morgan fingerprint density at radius 1 is 0.970 bits per heavy atom. The zero-order valence-electron chi connectivity index (χ0n) is 18.8. The van der Waals surface area contributed by atoms with Crippen LogP contribution in [0, 0.1) is 6.92 Å². The van der Waals surface area contributed by atoms with Gasteiger partial charge in [0.15, 0.2) is 5.75 Å². The monoisotopic (exact) mass is 461 g/mol. The maximum absolute atomic E-state index is 13.2. The summed E-state index contributed by atoms with van der Waals surface area (Å²) in [7, 11) is -3.42. The van der Waals surface area contributed by atoms with Gasteiger partial charge < -0.3 is 9.64 Å². The fourth-order valence-corrected chi connectivity index (χ4v) is 6.25. The number of aliphatic imine (C=N–C) groups is 1. The van der Waals surface area contributed by atoms with E-state index in [1.165, 1.54) is 0 Å². The van der Waals surface area contributed by atoms with Crippen LogP contribution in [0.2, 0.25) is 0 Å². The molecule has 2 aliphatic heterocycles. The molecule has 0 aromatic heterocycles. The smallest absolute Gasteiger partial charge is 0.218 e. The van der Waals surface area contributed by atoms with Crippen molar-refractivity contribution in [3.05, 3.63) is 89.5 Å². The lowest BCUT2D eigenvalue weighted by atomic mass is 10.1. The zero-order chi connectivity index (χ0) is 23.0. The van der Waals surface area contributed by atoms with Gasteiger partial charge in [0.1, 0.15) is 17.3 Å². The predicted octanol–water partition coefficient (Wildman–Crippen LogP) is 4.72. The third-order valence-corrected chi connectivity index (χ3v) is 8.06. The number of nitrogens with zero attached hydrogens (tertiary/aromatic N) is 3. The van der Waals surface area contributed by atoms with Crippen LogP contribution >= 0.6 is 0 Å². The van der Waals surface area contributed by atoms with Gasteiger partial charge in [0.25, 0.3) is 0 Å². The maximum atomic E-state index is 13.2. The van der Waals surface area contributed by atoms with Crippen LogP contribution in [0.5, 0.6) is 11.5 Å². The van der Waals surface area contributed by atoms with Gasteiger partial charge in [0.05, 0.1) is 11.3 Å². The van der Waals surface area contributed by atoms with E-state index in [0.29, 0.717) is 19.6 Å². The number of fused-ring (bicyclic) bond motifs is 2. The van der Waals surface area contributed by atoms with E-state index in [1.54, 1.807) is 4.31 Å². The van der Waals surface area contributed by atoms with E-state index in [9.17, 15) is 8.42 Å². The van der Waals surface area contributed by atoms with Crippen LogP contribution in [0.4, 0.5) is 5.69 Å². The summed E-state index contributed by atoms with van der Waals surface area (Å²) in [6.45, 7) is 5.55. The highest BCUT2D eigenvalue weighted by Gasteiger charge is 2.35. The van der Waals surface area contributed by atoms with Crippen molar-refractivity contribution in [2.24, 2.45) is 4.99 Å². The molecule has 0 aliphatic carbocycles. The molecule has 1 atom stereocenters. The van der Waals surface area contributed by atoms with Gasteiger partial charge in [0.2, 0.25) is 10.0 Å². The number of piperazine rings is 1. The van der Waals surface area contributed by atoms with Gasteiger partial charge in [0, 0.05) is 25.7 Å². The summed E-state index contributed by atoms with van der Waals surface area (Å²) >= 11 is 0. The Hall–Kier alpha value is -3.16. The molecule has 7 heteroatoms. The van der Waals surface area contributed by atoms with Gasteiger partial charge in [-0.2, -0.15) is 4.31 Å². The summed E-state index contributed by atoms with van der Waals surface area (Å²) in [5, 5.41) is 0. The molecule has 1 fully saturated rings. The van der Waals surface area contributed by atoms with Gasteiger partial charge in [-0.1, -0.05) is 54.1 Å². The molecule has 2 heterocycles. The second kappa shape index (κ2) is 8.65. The maximum Gasteiger partial charge on any atom is 0.218 e. The number of aryl methyl sites for hydroxylation is 1. The van der Waals surface area contributed by atoms with Gasteiger partial charge in [-0.05, 0) is 43.7 Å². The van der Waals surface area contributed by atoms with Crippen molar-refractivity contribution < 1.29 is 13.2 Å². The number of amidine groups is 1. The largest absolute Gasteiger partial charge is 0.454 e. The minimum absolute atomic E-state index is 0.0162. The number of sulfonamides is 1. The highest BCUT2D eigenvalue weighted by molar-refractivity contribution is 7.88. The van der Waals surface area contributed by atoms with E-state index in [1.807, 2.05) is 80.6 Å². The van der Waals surface area contributed by atoms with Crippen LogP contribution in [0.25, 0.3) is 0 Å². The van der Waals surface area contributed by atoms with Gasteiger partial charge >= 0.3 is 0 Å². The highest BCUT2D eigenvalue weighted by Crippen LogP contribution is 2.38. The number of hydrogen-bond donors (Lipinski definition) is 0. The molecule has 0 saturated carbocycles. The van der Waals surface area contributed by atoms with E-state index in [4.69, 9.17) is 9.73 Å². The number of hydrogen-bond acceptors (Lipinski definition) is 5. The van der Waals surface area contributed by atoms with Gasteiger partial charge in [-0.3, -0.25) is 0 Å². The van der Waals surface area contributed by atoms with Crippen LogP contribution in [-0.2, 0) is 15.8 Å². The fraction of sp³-hybridized carbons (Fsp3) is 0.269. The average molecular weight is 462 g/mol. The van der Waals surface area contributed by atoms with Crippen LogP contribution in [-0.4, -0.2) is 49.1 Å². The Bertz CT molecular complexity index is 1310. The summed E-state index contributed by atoms with van der Waals surface area (Å²) < 4.78 is 34.2. The Balaban J connectivity index is 1.44. The topological polar surface area (TPSA) is 62.2 Å². The van der Waals surface area contributed by atoms with E-state index in [-0.39, 0.29) is 11.8 Å². The Kier molecular flexibility index (Phi) is 5.68. The van der Waals surface area contributed by atoms with Gasteiger partial charge in [-0.25, -0.2) is 13.4 Å². The van der Waals surface area contributed by atoms with Crippen molar-refractivity contribution in [3.8, 4) is 11.5 Å². The first-order valence-electron chi connectivity index (χ1n) is 11.2. The molecule has 3 aromatic carbocycles. The second-order valence-electron chi connectivity index (χ2n) is 8.65. The van der Waals surface area contributed by atoms with Crippen molar-refractivity contribution in [2.75, 3.05) is 19.6 Å². The first kappa shape index (κ1) is 21.7. The number of benzene rings is 3. The summed E-state index contributed by atoms with van der Waals surface area (Å²) in [5.74, 6) is 2.32. The van der Waals surface area contributed by atoms with E-state index >= 15 is 0 Å². The first-order chi connectivity index (χ1) is 15.9. The lowest BCUT2D eigenvalue weighted by Crippen LogP contribution is -2.55. The minimum atomic E-state index is -3.42. The molecule has 0 N–H and O–H groups in total. The lowest BCUT2D eigenvalue weighted by molar-refractivity contribution is 0.205. The first-order valence-corrected chi connectivity index (χ1v) is 12.8. The third-order valence-electron chi connectivity index (χ3n) is 6.10. The molecule has 0 bridgehead atoms. The quantitative estimate of drug-likeness (QED) is 0.567. The molecular weight excluding hydrogens is 434 g/mol. The summed E-state index contributed by atoms with van der Waals surface area (Å²) in [6.07, 6.45) is 0. The average Bonchev–Trinajstić information content (AvgIpc) is 2.96. The highest BCUT2D eigenvalue weighted by atomic mass is 32.2. The van der Waals surface area contributed by atoms with E-state index in [0.717, 1.165) is 39.7 Å². The Labute approximate surface area is 195 Å². The molecule has 0 spiro atoms. The van der Waals surface area contributed by atoms with E-state index < -0.39 is 10.0 Å². The Morgan fingerprint density at radius 2 is 1.73 bits per heavy atom. The van der Waals surface area contributed by atoms with Crippen LogP contribution in [0.1, 0.15) is 23.6 Å². The molecule has 0 amide bonds. The SMILES string of the molecule is Cc1ccc2c(c1)C(N1CCN(S(=O)(=O)Cc3ccccc3)C(C)C1)=Nc1ccccc1O2. The number of para-hydroxylation sites is 2. The molecule has 1 saturated heterocycles. The molecule has 170 valence electrons. The summed E-state index contributed by atoms with van der Waals surface area (Å²) in [4.78, 5) is 7.17. The minimum Gasteiger partial charge on any atom is -0.454 e. The summed E-state index contributed by atoms with van der Waals surface area (Å²) in [5.41, 5.74) is 3.62. The van der Waals surface area contributed by atoms with Crippen LogP contribution in [0.15, 0.2) is 77.8 Å². The van der Waals surface area contributed by atoms with Crippen LogP contribution in [0.3, 0.4) is 0 Å². The Morgan fingerprint density at radius 3 is 2.52 bits per heavy atom. The van der Waals surface area contributed by atoms with Crippen molar-refractivity contribution >= 4 is 21.5 Å². The standard InChI is InChI=1S/C26H27N3O3S/c1-19-12-13-24-22(16-19)26(27-23-10-6-7-11-25(23)32-24)28-14-15-29(20(2)17-28)33(30,31)18-21-8-4-3-5-9-21/h3-13,16,20H,14-15,17-18H2,1-2H3. The normalized spacial score (nSPS) is 18.5. The molecule has 1 unspecified atom stereocenters. The predicted molar refractivity (Wildman–Crippen MR) is 131 cm³/mol. The third kappa shape index (κ3) is 4.38. The van der Waals surface area contributed by atoms with Crippen molar-refractivity contribution in [3.63, 3.8) is 0 Å². The molecular formula is C26H27N3O3S. The van der Waals surface area contributed by atoms with Gasteiger partial charge in [-0.15, -0.1) is 0 Å². The molecule has 0 radical (unpaired) electrons. The summed E-state index contributed by atoms with van der Waals surface area (Å²) in [6, 6.07) is 23.0. The molecule has 5 rings (SSSR count). The molecule has 3 aromatic rings. The molecule has 6 nitrogen and oxygen atoms in total. The lowest BCUT2D eigenvalue weighted by Gasteiger charge is -2.40. The second-order valence-corrected chi connectivity index (χ2v) is 10.6. The van der Waals surface area contributed by atoms with Crippen molar-refractivity contribution in [1.82, 2.24) is 9.21 Å². The van der Waals surface area contributed by atoms with Crippen molar-refractivity contribution in [1.29, 1.82) is 0 Å². The van der Waals surface area contributed by atoms with E-state index in [2.05, 4.69) is 11.0 Å². The zero-order valence-corrected chi connectivity index (χ0v) is 19.6. The fourth-order valence-electron chi connectivity index (χ4n) is 4.49.